The lowest BCUT2D eigenvalue weighted by molar-refractivity contribution is 0.104. The minimum Gasteiger partial charge on any atom is -0.508 e. The third-order valence-electron chi connectivity index (χ3n) is 4.18. The summed E-state index contributed by atoms with van der Waals surface area (Å²) in [7, 11) is 0. The van der Waals surface area contributed by atoms with E-state index >= 15 is 0 Å². The number of rotatable bonds is 5. The van der Waals surface area contributed by atoms with Crippen LogP contribution in [0.4, 0.5) is 0 Å². The molecule has 2 aromatic rings. The minimum absolute atomic E-state index is 0.0449. The second kappa shape index (κ2) is 7.25. The summed E-state index contributed by atoms with van der Waals surface area (Å²) in [5, 5.41) is 10.0. The van der Waals surface area contributed by atoms with E-state index in [4.69, 9.17) is 0 Å². The number of carbonyl (C=O) groups excluding carboxylic acids is 1. The topological polar surface area (TPSA) is 40.5 Å². The molecule has 23 heavy (non-hydrogen) atoms. The fourth-order valence-corrected chi connectivity index (χ4v) is 2.88. The first-order chi connectivity index (χ1) is 11.2. The Kier molecular flexibility index (Phi) is 4.89. The lowest BCUT2D eigenvalue weighted by atomic mass is 10.0. The largest absolute Gasteiger partial charge is 0.508 e. The predicted octanol–water partition coefficient (Wildman–Crippen LogP) is 3.88. The molecule has 0 radical (unpaired) electrons. The van der Waals surface area contributed by atoms with Crippen molar-refractivity contribution < 1.29 is 9.90 Å². The number of carbonyl (C=O) groups is 1. The van der Waals surface area contributed by atoms with Crippen LogP contribution in [0.5, 0.6) is 5.75 Å². The molecule has 0 saturated carbocycles. The van der Waals surface area contributed by atoms with E-state index in [1.165, 1.54) is 12.8 Å². The maximum Gasteiger partial charge on any atom is 0.185 e. The lowest BCUT2D eigenvalue weighted by Gasteiger charge is -2.16. The predicted molar refractivity (Wildman–Crippen MR) is 92.4 cm³/mol. The van der Waals surface area contributed by atoms with Crippen LogP contribution in [-0.2, 0) is 6.54 Å². The molecule has 3 rings (SSSR count). The van der Waals surface area contributed by atoms with Gasteiger partial charge < -0.3 is 5.11 Å². The molecule has 3 heteroatoms. The number of benzene rings is 2. The monoisotopic (exact) mass is 307 g/mol. The summed E-state index contributed by atoms with van der Waals surface area (Å²) in [6, 6.07) is 14.9. The van der Waals surface area contributed by atoms with E-state index in [1.807, 2.05) is 42.5 Å². The van der Waals surface area contributed by atoms with Crippen molar-refractivity contribution in [2.75, 3.05) is 13.1 Å². The van der Waals surface area contributed by atoms with Gasteiger partial charge in [-0.1, -0.05) is 36.4 Å². The van der Waals surface area contributed by atoms with Crippen LogP contribution in [0.1, 0.15) is 34.3 Å². The summed E-state index contributed by atoms with van der Waals surface area (Å²) in [4.78, 5) is 14.6. The van der Waals surface area contributed by atoms with Gasteiger partial charge >= 0.3 is 0 Å². The zero-order chi connectivity index (χ0) is 16.1. The number of phenols is 1. The summed E-state index contributed by atoms with van der Waals surface area (Å²) in [5.74, 6) is 0.219. The van der Waals surface area contributed by atoms with Crippen molar-refractivity contribution in [1.82, 2.24) is 4.90 Å². The van der Waals surface area contributed by atoms with Crippen molar-refractivity contribution in [1.29, 1.82) is 0 Å². The smallest absolute Gasteiger partial charge is 0.185 e. The number of hydrogen-bond acceptors (Lipinski definition) is 3. The van der Waals surface area contributed by atoms with E-state index < -0.39 is 0 Å². The Morgan fingerprint density at radius 2 is 1.83 bits per heavy atom. The van der Waals surface area contributed by atoms with E-state index in [1.54, 1.807) is 18.2 Å². The first-order valence-electron chi connectivity index (χ1n) is 8.04. The SMILES string of the molecule is O=C(/C=C/c1ccccc1)c1ccc(O)c(CN2CCCC2)c1. The van der Waals surface area contributed by atoms with Gasteiger partial charge in [-0.3, -0.25) is 9.69 Å². The molecule has 118 valence electrons. The molecule has 1 aliphatic heterocycles. The van der Waals surface area contributed by atoms with E-state index in [2.05, 4.69) is 4.90 Å². The van der Waals surface area contributed by atoms with Crippen LogP contribution in [0.25, 0.3) is 6.08 Å². The molecule has 0 unspecified atom stereocenters. The van der Waals surface area contributed by atoms with Gasteiger partial charge in [-0.25, -0.2) is 0 Å². The highest BCUT2D eigenvalue weighted by molar-refractivity contribution is 6.07. The zero-order valence-corrected chi connectivity index (χ0v) is 13.1. The maximum absolute atomic E-state index is 12.3. The van der Waals surface area contributed by atoms with Gasteiger partial charge in [-0.15, -0.1) is 0 Å². The van der Waals surface area contributed by atoms with Gasteiger partial charge in [0.05, 0.1) is 0 Å². The van der Waals surface area contributed by atoms with Gasteiger partial charge in [0.2, 0.25) is 0 Å². The summed E-state index contributed by atoms with van der Waals surface area (Å²) >= 11 is 0. The summed E-state index contributed by atoms with van der Waals surface area (Å²) in [6.45, 7) is 2.83. The molecule has 1 aliphatic rings. The van der Waals surface area contributed by atoms with Crippen molar-refractivity contribution in [2.24, 2.45) is 0 Å². The average Bonchev–Trinajstić information content (AvgIpc) is 3.09. The van der Waals surface area contributed by atoms with E-state index in [9.17, 15) is 9.90 Å². The van der Waals surface area contributed by atoms with Gasteiger partial charge in [0.25, 0.3) is 0 Å². The van der Waals surface area contributed by atoms with Crippen LogP contribution in [0.15, 0.2) is 54.6 Å². The molecule has 1 saturated heterocycles. The van der Waals surface area contributed by atoms with E-state index in [0.717, 1.165) is 24.2 Å². The average molecular weight is 307 g/mol. The fourth-order valence-electron chi connectivity index (χ4n) is 2.88. The number of allylic oxidation sites excluding steroid dienone is 1. The highest BCUT2D eigenvalue weighted by Crippen LogP contribution is 2.23. The second-order valence-electron chi connectivity index (χ2n) is 5.94. The Morgan fingerprint density at radius 3 is 2.57 bits per heavy atom. The Morgan fingerprint density at radius 1 is 1.09 bits per heavy atom. The number of likely N-dealkylation sites (tertiary alicyclic amines) is 1. The molecule has 3 nitrogen and oxygen atoms in total. The Hall–Kier alpha value is -2.39. The molecule has 2 aromatic carbocycles. The molecular formula is C20H21NO2. The zero-order valence-electron chi connectivity index (χ0n) is 13.1. The molecule has 0 amide bonds. The van der Waals surface area contributed by atoms with Gasteiger partial charge in [0, 0.05) is 17.7 Å². The molecule has 0 bridgehead atoms. The Labute approximate surface area is 136 Å². The normalized spacial score (nSPS) is 15.3. The van der Waals surface area contributed by atoms with Crippen molar-refractivity contribution >= 4 is 11.9 Å². The number of phenolic OH excluding ortho intramolecular Hbond substituents is 1. The van der Waals surface area contributed by atoms with Crippen molar-refractivity contribution in [2.45, 2.75) is 19.4 Å². The van der Waals surface area contributed by atoms with Gasteiger partial charge in [-0.2, -0.15) is 0 Å². The quantitative estimate of drug-likeness (QED) is 0.673. The first-order valence-corrected chi connectivity index (χ1v) is 8.04. The van der Waals surface area contributed by atoms with Gasteiger partial charge in [0.15, 0.2) is 5.78 Å². The molecule has 1 N–H and O–H groups in total. The summed E-state index contributed by atoms with van der Waals surface area (Å²) in [6.07, 6.45) is 5.81. The van der Waals surface area contributed by atoms with Crippen LogP contribution >= 0.6 is 0 Å². The van der Waals surface area contributed by atoms with Crippen LogP contribution in [0.3, 0.4) is 0 Å². The molecular weight excluding hydrogens is 286 g/mol. The highest BCUT2D eigenvalue weighted by Gasteiger charge is 2.15. The Bertz CT molecular complexity index is 701. The van der Waals surface area contributed by atoms with Crippen molar-refractivity contribution in [3.05, 3.63) is 71.3 Å². The molecule has 1 fully saturated rings. The number of aromatic hydroxyl groups is 1. The van der Waals surface area contributed by atoms with Crippen molar-refractivity contribution in [3.63, 3.8) is 0 Å². The van der Waals surface area contributed by atoms with Gasteiger partial charge in [-0.05, 0) is 55.8 Å². The second-order valence-corrected chi connectivity index (χ2v) is 5.94. The number of ketones is 1. The standard InChI is InChI=1S/C20H21NO2/c22-19(10-8-16-6-2-1-3-7-16)17-9-11-20(23)18(14-17)15-21-12-4-5-13-21/h1-3,6-11,14,23H,4-5,12-13,15H2/b10-8+. The first kappa shape index (κ1) is 15.5. The molecule has 0 spiro atoms. The minimum atomic E-state index is -0.0449. The highest BCUT2D eigenvalue weighted by atomic mass is 16.3. The molecule has 0 aliphatic carbocycles. The maximum atomic E-state index is 12.3. The fraction of sp³-hybridized carbons (Fsp3) is 0.250. The van der Waals surface area contributed by atoms with Crippen LogP contribution < -0.4 is 0 Å². The molecule has 1 heterocycles. The van der Waals surface area contributed by atoms with E-state index in [0.29, 0.717) is 12.1 Å². The summed E-state index contributed by atoms with van der Waals surface area (Å²) in [5.41, 5.74) is 2.44. The lowest BCUT2D eigenvalue weighted by Crippen LogP contribution is -2.18. The summed E-state index contributed by atoms with van der Waals surface area (Å²) < 4.78 is 0. The molecule has 0 atom stereocenters. The molecule has 0 aromatic heterocycles. The number of hydrogen-bond donors (Lipinski definition) is 1. The third kappa shape index (κ3) is 4.08. The third-order valence-corrected chi connectivity index (χ3v) is 4.18. The number of nitrogens with zero attached hydrogens (tertiary/aromatic N) is 1. The van der Waals surface area contributed by atoms with Crippen LogP contribution in [-0.4, -0.2) is 28.9 Å². The van der Waals surface area contributed by atoms with Crippen LogP contribution in [0.2, 0.25) is 0 Å². The van der Waals surface area contributed by atoms with Crippen molar-refractivity contribution in [3.8, 4) is 5.75 Å². The Balaban J connectivity index is 1.74. The van der Waals surface area contributed by atoms with Gasteiger partial charge in [0.1, 0.15) is 5.75 Å². The van der Waals surface area contributed by atoms with Crippen LogP contribution in [0, 0.1) is 0 Å². The van der Waals surface area contributed by atoms with E-state index in [-0.39, 0.29) is 11.5 Å².